The number of carbonyl (C=O) groups excluding carboxylic acids is 1. The molecule has 0 saturated carbocycles. The first kappa shape index (κ1) is 13.5. The standard InChI is InChI=1S/C13H11F5N2O2/c14-11(15)6-20(9-3-12(21)22-7-9)5-8-1-2-10(19-4-8)13(16,17)18/h1-4,11H,5-7H2/i6D2. The van der Waals surface area contributed by atoms with Gasteiger partial charge in [0, 0.05) is 18.8 Å². The molecule has 0 fully saturated rings. The van der Waals surface area contributed by atoms with Gasteiger partial charge in [-0.1, -0.05) is 6.07 Å². The minimum Gasteiger partial charge on any atom is -0.456 e. The fourth-order valence-corrected chi connectivity index (χ4v) is 1.74. The SMILES string of the molecule is [2H]C([2H])(C(F)F)N(Cc1ccc(C(F)(F)F)nc1)C1=CC(=O)OC1. The summed E-state index contributed by atoms with van der Waals surface area (Å²) in [6.07, 6.45) is -6.39. The number of carbonyl (C=O) groups is 1. The van der Waals surface area contributed by atoms with E-state index in [9.17, 15) is 26.7 Å². The minimum absolute atomic E-state index is 0.0628. The second-order valence-corrected chi connectivity index (χ2v) is 4.31. The Balaban J connectivity index is 2.29. The monoisotopic (exact) mass is 324 g/mol. The first-order valence-electron chi connectivity index (χ1n) is 6.97. The number of rotatable bonds is 5. The van der Waals surface area contributed by atoms with Gasteiger partial charge in [-0.15, -0.1) is 0 Å². The van der Waals surface area contributed by atoms with Crippen molar-refractivity contribution in [1.29, 1.82) is 0 Å². The highest BCUT2D eigenvalue weighted by Crippen LogP contribution is 2.27. The summed E-state index contributed by atoms with van der Waals surface area (Å²) in [6.45, 7) is -4.06. The Hall–Kier alpha value is -2.19. The van der Waals surface area contributed by atoms with Crippen molar-refractivity contribution in [2.24, 2.45) is 0 Å². The van der Waals surface area contributed by atoms with Crippen LogP contribution in [0.1, 0.15) is 14.0 Å². The molecule has 0 N–H and O–H groups in total. The van der Waals surface area contributed by atoms with Gasteiger partial charge >= 0.3 is 12.1 Å². The molecule has 0 saturated heterocycles. The number of ether oxygens (including phenoxy) is 1. The van der Waals surface area contributed by atoms with Crippen molar-refractivity contribution in [2.45, 2.75) is 19.1 Å². The average molecular weight is 324 g/mol. The van der Waals surface area contributed by atoms with Gasteiger partial charge in [-0.2, -0.15) is 13.2 Å². The summed E-state index contributed by atoms with van der Waals surface area (Å²) in [6, 6.07) is 1.67. The van der Waals surface area contributed by atoms with Crippen molar-refractivity contribution in [2.75, 3.05) is 13.1 Å². The predicted octanol–water partition coefficient (Wildman–Crippen LogP) is 2.61. The summed E-state index contributed by atoms with van der Waals surface area (Å²) < 4.78 is 83.0. The largest absolute Gasteiger partial charge is 0.456 e. The lowest BCUT2D eigenvalue weighted by molar-refractivity contribution is -0.141. The fourth-order valence-electron chi connectivity index (χ4n) is 1.74. The van der Waals surface area contributed by atoms with Crippen LogP contribution in [0.15, 0.2) is 30.1 Å². The van der Waals surface area contributed by atoms with E-state index < -0.39 is 43.9 Å². The molecule has 1 aliphatic heterocycles. The van der Waals surface area contributed by atoms with Crippen LogP contribution in [0.4, 0.5) is 22.0 Å². The summed E-state index contributed by atoms with van der Waals surface area (Å²) in [5.41, 5.74) is -1.23. The van der Waals surface area contributed by atoms with Crippen molar-refractivity contribution in [1.82, 2.24) is 9.88 Å². The number of alkyl halides is 5. The molecule has 1 aromatic heterocycles. The normalized spacial score (nSPS) is 17.0. The van der Waals surface area contributed by atoms with E-state index in [2.05, 4.69) is 9.72 Å². The number of aromatic nitrogens is 1. The van der Waals surface area contributed by atoms with Crippen LogP contribution in [-0.4, -0.2) is 35.4 Å². The van der Waals surface area contributed by atoms with Gasteiger partial charge < -0.3 is 9.64 Å². The van der Waals surface area contributed by atoms with Gasteiger partial charge in [0.25, 0.3) is 6.43 Å². The third kappa shape index (κ3) is 4.15. The van der Waals surface area contributed by atoms with Crippen LogP contribution in [-0.2, 0) is 22.3 Å². The first-order valence-corrected chi connectivity index (χ1v) is 5.97. The number of nitrogens with zero attached hydrogens (tertiary/aromatic N) is 2. The molecule has 0 atom stereocenters. The van der Waals surface area contributed by atoms with Gasteiger partial charge in [-0.3, -0.25) is 4.98 Å². The lowest BCUT2D eigenvalue weighted by atomic mass is 10.2. The lowest BCUT2D eigenvalue weighted by Gasteiger charge is -2.24. The van der Waals surface area contributed by atoms with Gasteiger partial charge in [-0.25, -0.2) is 13.6 Å². The van der Waals surface area contributed by atoms with E-state index >= 15 is 0 Å². The number of hydrogen-bond donors (Lipinski definition) is 0. The summed E-state index contributed by atoms with van der Waals surface area (Å²) in [5.74, 6) is -0.814. The Morgan fingerprint density at radius 2 is 2.14 bits per heavy atom. The molecule has 0 unspecified atom stereocenters. The van der Waals surface area contributed by atoms with E-state index in [4.69, 9.17) is 2.74 Å². The molecule has 0 bridgehead atoms. The Bertz CT molecular complexity index is 647. The van der Waals surface area contributed by atoms with Crippen LogP contribution in [0, 0.1) is 0 Å². The molecule has 0 amide bonds. The Kier molecular flexibility index (Phi) is 3.85. The third-order valence-electron chi connectivity index (χ3n) is 2.70. The van der Waals surface area contributed by atoms with Crippen molar-refractivity contribution in [3.05, 3.63) is 41.4 Å². The van der Waals surface area contributed by atoms with E-state index in [1.165, 1.54) is 0 Å². The van der Waals surface area contributed by atoms with E-state index in [0.717, 1.165) is 18.3 Å². The molecule has 1 aliphatic rings. The van der Waals surface area contributed by atoms with Crippen molar-refractivity contribution >= 4 is 5.97 Å². The summed E-state index contributed by atoms with van der Waals surface area (Å²) >= 11 is 0. The van der Waals surface area contributed by atoms with Crippen LogP contribution in [0.3, 0.4) is 0 Å². The highest BCUT2D eigenvalue weighted by molar-refractivity contribution is 5.85. The van der Waals surface area contributed by atoms with Crippen LogP contribution < -0.4 is 0 Å². The smallest absolute Gasteiger partial charge is 0.433 e. The highest BCUT2D eigenvalue weighted by atomic mass is 19.4. The van der Waals surface area contributed by atoms with Crippen LogP contribution in [0.5, 0.6) is 0 Å². The molecule has 2 heterocycles. The van der Waals surface area contributed by atoms with Gasteiger partial charge in [0.2, 0.25) is 0 Å². The van der Waals surface area contributed by atoms with Gasteiger partial charge in [0.15, 0.2) is 0 Å². The molecule has 1 aromatic rings. The van der Waals surface area contributed by atoms with Gasteiger partial charge in [0.05, 0.1) is 14.9 Å². The lowest BCUT2D eigenvalue weighted by Crippen LogP contribution is -2.28. The second-order valence-electron chi connectivity index (χ2n) is 4.31. The highest BCUT2D eigenvalue weighted by Gasteiger charge is 2.32. The van der Waals surface area contributed by atoms with Gasteiger partial charge in [-0.05, 0) is 11.6 Å². The van der Waals surface area contributed by atoms with Crippen LogP contribution >= 0.6 is 0 Å². The maximum Gasteiger partial charge on any atom is 0.433 e. The third-order valence-corrected chi connectivity index (χ3v) is 2.70. The van der Waals surface area contributed by atoms with E-state index in [1.807, 2.05) is 0 Å². The summed E-state index contributed by atoms with van der Waals surface area (Å²) in [5, 5.41) is 0. The zero-order chi connectivity index (χ0) is 18.1. The Labute approximate surface area is 125 Å². The fraction of sp³-hybridized carbons (Fsp3) is 0.385. The maximum absolute atomic E-state index is 13.0. The van der Waals surface area contributed by atoms with Crippen molar-refractivity contribution < 1.29 is 34.2 Å². The number of halogens is 5. The van der Waals surface area contributed by atoms with Crippen molar-refractivity contribution in [3.8, 4) is 0 Å². The summed E-state index contributed by atoms with van der Waals surface area (Å²) in [4.78, 5) is 14.9. The minimum atomic E-state index is -4.65. The van der Waals surface area contributed by atoms with E-state index in [-0.39, 0.29) is 11.3 Å². The number of hydrogen-bond acceptors (Lipinski definition) is 4. The quantitative estimate of drug-likeness (QED) is 0.617. The molecule has 0 aromatic carbocycles. The first-order chi connectivity index (χ1) is 11.0. The van der Waals surface area contributed by atoms with E-state index in [0.29, 0.717) is 11.0 Å². The predicted molar refractivity (Wildman–Crippen MR) is 64.7 cm³/mol. The number of cyclic esters (lactones) is 1. The summed E-state index contributed by atoms with van der Waals surface area (Å²) in [7, 11) is 0. The maximum atomic E-state index is 13.0. The number of pyridine rings is 1. The Morgan fingerprint density at radius 1 is 1.41 bits per heavy atom. The topological polar surface area (TPSA) is 42.4 Å². The number of esters is 1. The van der Waals surface area contributed by atoms with Gasteiger partial charge in [0.1, 0.15) is 12.3 Å². The van der Waals surface area contributed by atoms with Crippen LogP contribution in [0.2, 0.25) is 0 Å². The molecular weight excluding hydrogens is 311 g/mol. The zero-order valence-electron chi connectivity index (χ0n) is 12.9. The van der Waals surface area contributed by atoms with E-state index in [1.54, 1.807) is 0 Å². The molecule has 22 heavy (non-hydrogen) atoms. The molecule has 0 spiro atoms. The molecule has 0 radical (unpaired) electrons. The molecule has 120 valence electrons. The second kappa shape index (κ2) is 6.29. The molecular formula is C13H11F5N2O2. The van der Waals surface area contributed by atoms with Crippen LogP contribution in [0.25, 0.3) is 0 Å². The molecule has 0 aliphatic carbocycles. The molecule has 4 nitrogen and oxygen atoms in total. The molecule has 2 rings (SSSR count). The van der Waals surface area contributed by atoms with Crippen molar-refractivity contribution in [3.63, 3.8) is 0 Å². The molecule has 9 heteroatoms. The average Bonchev–Trinajstić information content (AvgIpc) is 2.90. The Morgan fingerprint density at radius 3 is 2.59 bits per heavy atom. The zero-order valence-corrected chi connectivity index (χ0v) is 10.9.